The summed E-state index contributed by atoms with van der Waals surface area (Å²) < 4.78 is 16.3. The van der Waals surface area contributed by atoms with Gasteiger partial charge in [0.15, 0.2) is 0 Å². The Morgan fingerprint density at radius 3 is 2.88 bits per heavy atom. The summed E-state index contributed by atoms with van der Waals surface area (Å²) in [6.07, 6.45) is 1.08. The van der Waals surface area contributed by atoms with Crippen LogP contribution in [0.25, 0.3) is 10.8 Å². The van der Waals surface area contributed by atoms with Gasteiger partial charge in [0.1, 0.15) is 36.9 Å². The molecule has 0 bridgehead atoms. The topological polar surface area (TPSA) is 85.2 Å². The Bertz CT molecular complexity index is 787. The van der Waals surface area contributed by atoms with E-state index in [1.54, 1.807) is 6.07 Å². The zero-order valence-electron chi connectivity index (χ0n) is 14.3. The molecule has 6 nitrogen and oxygen atoms in total. The quantitative estimate of drug-likeness (QED) is 0.527. The molecule has 1 aliphatic carbocycles. The SMILES string of the molecule is C=CC(=O)OCC(O)COc1ccc2c(OC3CC3CO)cccc2c1. The first-order valence-corrected chi connectivity index (χ1v) is 8.51. The average molecular weight is 358 g/mol. The van der Waals surface area contributed by atoms with Crippen molar-refractivity contribution in [3.8, 4) is 11.5 Å². The summed E-state index contributed by atoms with van der Waals surface area (Å²) in [4.78, 5) is 11.0. The van der Waals surface area contributed by atoms with E-state index in [-0.39, 0.29) is 31.8 Å². The summed E-state index contributed by atoms with van der Waals surface area (Å²) in [6.45, 7) is 3.30. The highest BCUT2D eigenvalue weighted by Gasteiger charge is 2.39. The Hall–Kier alpha value is -2.57. The van der Waals surface area contributed by atoms with Crippen LogP contribution in [0.4, 0.5) is 0 Å². The highest BCUT2D eigenvalue weighted by molar-refractivity contribution is 5.89. The molecule has 3 atom stereocenters. The van der Waals surface area contributed by atoms with Crippen molar-refractivity contribution in [2.75, 3.05) is 19.8 Å². The van der Waals surface area contributed by atoms with Crippen molar-refractivity contribution >= 4 is 16.7 Å². The van der Waals surface area contributed by atoms with Gasteiger partial charge in [0.2, 0.25) is 0 Å². The van der Waals surface area contributed by atoms with Crippen LogP contribution < -0.4 is 9.47 Å². The normalized spacial score (nSPS) is 19.6. The number of fused-ring (bicyclic) bond motifs is 1. The molecule has 0 spiro atoms. The molecule has 0 amide bonds. The Kier molecular flexibility index (Phi) is 5.75. The second-order valence-corrected chi connectivity index (χ2v) is 6.27. The van der Waals surface area contributed by atoms with E-state index in [0.29, 0.717) is 5.75 Å². The molecule has 6 heteroatoms. The number of rotatable bonds is 9. The highest BCUT2D eigenvalue weighted by Crippen LogP contribution is 2.37. The van der Waals surface area contributed by atoms with E-state index in [1.165, 1.54) is 0 Å². The van der Waals surface area contributed by atoms with Crippen molar-refractivity contribution in [2.24, 2.45) is 5.92 Å². The maximum absolute atomic E-state index is 11.0. The van der Waals surface area contributed by atoms with Crippen molar-refractivity contribution in [2.45, 2.75) is 18.6 Å². The van der Waals surface area contributed by atoms with Gasteiger partial charge in [-0.1, -0.05) is 18.7 Å². The van der Waals surface area contributed by atoms with Gasteiger partial charge in [-0.25, -0.2) is 4.79 Å². The number of hydrogen-bond donors (Lipinski definition) is 2. The molecule has 0 heterocycles. The Morgan fingerprint density at radius 1 is 1.31 bits per heavy atom. The van der Waals surface area contributed by atoms with Crippen molar-refractivity contribution in [3.63, 3.8) is 0 Å². The molecule has 0 aromatic heterocycles. The molecule has 0 aliphatic heterocycles. The zero-order chi connectivity index (χ0) is 18.5. The lowest BCUT2D eigenvalue weighted by atomic mass is 10.1. The standard InChI is InChI=1S/C20H22O6/c1-2-20(23)25-12-15(22)11-24-16-6-7-17-13(8-16)4-3-5-18(17)26-19-9-14(19)10-21/h2-8,14-15,19,21-22H,1,9-12H2. The monoisotopic (exact) mass is 358 g/mol. The number of aliphatic hydroxyl groups excluding tert-OH is 2. The Labute approximate surface area is 151 Å². The van der Waals surface area contributed by atoms with Crippen LogP contribution in [-0.2, 0) is 9.53 Å². The minimum Gasteiger partial charge on any atom is -0.491 e. The summed E-state index contributed by atoms with van der Waals surface area (Å²) in [5.74, 6) is 1.03. The van der Waals surface area contributed by atoms with E-state index in [1.807, 2.05) is 30.3 Å². The molecule has 3 rings (SSSR count). The van der Waals surface area contributed by atoms with Crippen LogP contribution in [0.5, 0.6) is 11.5 Å². The maximum atomic E-state index is 11.0. The zero-order valence-corrected chi connectivity index (χ0v) is 14.3. The molecule has 3 unspecified atom stereocenters. The van der Waals surface area contributed by atoms with Gasteiger partial charge in [-0.2, -0.15) is 0 Å². The molecule has 1 aliphatic rings. The highest BCUT2D eigenvalue weighted by atomic mass is 16.5. The second-order valence-electron chi connectivity index (χ2n) is 6.27. The minimum absolute atomic E-state index is 0.00632. The van der Waals surface area contributed by atoms with Crippen molar-refractivity contribution < 1.29 is 29.2 Å². The average Bonchev–Trinajstić information content (AvgIpc) is 3.42. The number of aliphatic hydroxyl groups is 2. The maximum Gasteiger partial charge on any atom is 0.330 e. The summed E-state index contributed by atoms with van der Waals surface area (Å²) >= 11 is 0. The van der Waals surface area contributed by atoms with Gasteiger partial charge >= 0.3 is 5.97 Å². The largest absolute Gasteiger partial charge is 0.491 e. The molecule has 2 aromatic carbocycles. The van der Waals surface area contributed by atoms with E-state index >= 15 is 0 Å². The fourth-order valence-electron chi connectivity index (χ4n) is 2.62. The molecular weight excluding hydrogens is 336 g/mol. The number of esters is 1. The molecule has 2 aromatic rings. The van der Waals surface area contributed by atoms with Crippen LogP contribution >= 0.6 is 0 Å². The van der Waals surface area contributed by atoms with Gasteiger partial charge in [-0.05, 0) is 36.1 Å². The van der Waals surface area contributed by atoms with Crippen molar-refractivity contribution in [1.29, 1.82) is 0 Å². The van der Waals surface area contributed by atoms with Gasteiger partial charge in [0, 0.05) is 24.0 Å². The Morgan fingerprint density at radius 2 is 2.15 bits per heavy atom. The van der Waals surface area contributed by atoms with Crippen LogP contribution in [-0.4, -0.2) is 48.2 Å². The van der Waals surface area contributed by atoms with Gasteiger partial charge in [-0.3, -0.25) is 0 Å². The van der Waals surface area contributed by atoms with Crippen LogP contribution in [0.3, 0.4) is 0 Å². The summed E-state index contributed by atoms with van der Waals surface area (Å²) in [5, 5.41) is 20.8. The van der Waals surface area contributed by atoms with E-state index < -0.39 is 12.1 Å². The fraction of sp³-hybridized carbons (Fsp3) is 0.350. The van der Waals surface area contributed by atoms with E-state index in [2.05, 4.69) is 6.58 Å². The first kappa shape index (κ1) is 18.2. The first-order valence-electron chi connectivity index (χ1n) is 8.51. The minimum atomic E-state index is -0.922. The first-order chi connectivity index (χ1) is 12.6. The molecule has 0 radical (unpaired) electrons. The lowest BCUT2D eigenvalue weighted by Crippen LogP contribution is -2.24. The summed E-state index contributed by atoms with van der Waals surface area (Å²) in [7, 11) is 0. The summed E-state index contributed by atoms with van der Waals surface area (Å²) in [6, 6.07) is 11.3. The number of carbonyl (C=O) groups excluding carboxylic acids is 1. The number of hydrogen-bond acceptors (Lipinski definition) is 6. The molecule has 26 heavy (non-hydrogen) atoms. The van der Waals surface area contributed by atoms with Crippen molar-refractivity contribution in [1.82, 2.24) is 0 Å². The molecule has 1 saturated carbocycles. The van der Waals surface area contributed by atoms with Crippen LogP contribution in [0.15, 0.2) is 49.1 Å². The number of benzene rings is 2. The van der Waals surface area contributed by atoms with Gasteiger partial charge in [0.25, 0.3) is 0 Å². The van der Waals surface area contributed by atoms with E-state index in [0.717, 1.165) is 29.0 Å². The molecule has 0 saturated heterocycles. The molecule has 2 N–H and O–H groups in total. The molecule has 1 fully saturated rings. The molecular formula is C20H22O6. The smallest absolute Gasteiger partial charge is 0.330 e. The third kappa shape index (κ3) is 4.53. The predicted octanol–water partition coefficient (Wildman–Crippen LogP) is 2.07. The lowest BCUT2D eigenvalue weighted by molar-refractivity contribution is -0.141. The summed E-state index contributed by atoms with van der Waals surface area (Å²) in [5.41, 5.74) is 0. The van der Waals surface area contributed by atoms with Crippen molar-refractivity contribution in [3.05, 3.63) is 49.1 Å². The van der Waals surface area contributed by atoms with E-state index in [9.17, 15) is 9.90 Å². The van der Waals surface area contributed by atoms with Crippen LogP contribution in [0.1, 0.15) is 6.42 Å². The predicted molar refractivity (Wildman–Crippen MR) is 96.2 cm³/mol. The lowest BCUT2D eigenvalue weighted by Gasteiger charge is -2.13. The van der Waals surface area contributed by atoms with Gasteiger partial charge in [-0.15, -0.1) is 0 Å². The second kappa shape index (κ2) is 8.21. The number of ether oxygens (including phenoxy) is 3. The molecule has 138 valence electrons. The van der Waals surface area contributed by atoms with Crippen LogP contribution in [0.2, 0.25) is 0 Å². The Balaban J connectivity index is 1.60. The third-order valence-corrected chi connectivity index (χ3v) is 4.21. The van der Waals surface area contributed by atoms with Gasteiger partial charge in [0.05, 0.1) is 0 Å². The number of carbonyl (C=O) groups is 1. The van der Waals surface area contributed by atoms with E-state index in [4.69, 9.17) is 19.3 Å². The van der Waals surface area contributed by atoms with Crippen LogP contribution in [0, 0.1) is 5.92 Å². The van der Waals surface area contributed by atoms with Gasteiger partial charge < -0.3 is 24.4 Å². The third-order valence-electron chi connectivity index (χ3n) is 4.21. The fourth-order valence-corrected chi connectivity index (χ4v) is 2.62.